The molecule has 0 heterocycles. The lowest BCUT2D eigenvalue weighted by Crippen LogP contribution is -2.17. The van der Waals surface area contributed by atoms with Crippen molar-refractivity contribution in [3.05, 3.63) is 23.2 Å². The van der Waals surface area contributed by atoms with Gasteiger partial charge < -0.3 is 10.2 Å². The molecule has 0 spiro atoms. The molecule has 2 nitrogen and oxygen atoms in total. The highest BCUT2D eigenvalue weighted by molar-refractivity contribution is 6.33. The summed E-state index contributed by atoms with van der Waals surface area (Å²) in [6.07, 6.45) is 3.79. The predicted octanol–water partition coefficient (Wildman–Crippen LogP) is 4.40. The molecule has 1 aromatic carbocycles. The van der Waals surface area contributed by atoms with E-state index in [1.165, 1.54) is 19.3 Å². The topological polar surface area (TPSA) is 15.3 Å². The first-order chi connectivity index (χ1) is 8.37. The Kier molecular flexibility index (Phi) is 3.76. The molecule has 1 saturated carbocycles. The van der Waals surface area contributed by atoms with Gasteiger partial charge in [0.05, 0.1) is 10.7 Å². The average molecular weight is 267 g/mol. The lowest BCUT2D eigenvalue weighted by Gasteiger charge is -2.20. The van der Waals surface area contributed by atoms with Crippen molar-refractivity contribution in [3.8, 4) is 0 Å². The molecular formula is C15H23ClN2. The Morgan fingerprint density at radius 2 is 2.06 bits per heavy atom. The van der Waals surface area contributed by atoms with Gasteiger partial charge in [-0.25, -0.2) is 0 Å². The van der Waals surface area contributed by atoms with Gasteiger partial charge in [0.25, 0.3) is 0 Å². The van der Waals surface area contributed by atoms with Gasteiger partial charge in [0.2, 0.25) is 0 Å². The first-order valence-electron chi connectivity index (χ1n) is 6.61. The second-order valence-corrected chi connectivity index (χ2v) is 6.72. The zero-order chi connectivity index (χ0) is 13.3. The standard InChI is InChI=1S/C15H23ClN2/c1-15(2)8-7-12(10-15)17-11-5-6-14(18(3)4)13(16)9-11/h5-6,9,12,17H,7-8,10H2,1-4H3. The monoisotopic (exact) mass is 266 g/mol. The molecule has 0 radical (unpaired) electrons. The third kappa shape index (κ3) is 3.11. The predicted molar refractivity (Wildman–Crippen MR) is 80.8 cm³/mol. The van der Waals surface area contributed by atoms with E-state index in [4.69, 9.17) is 11.6 Å². The summed E-state index contributed by atoms with van der Waals surface area (Å²) in [6, 6.07) is 6.81. The lowest BCUT2D eigenvalue weighted by atomic mass is 9.92. The summed E-state index contributed by atoms with van der Waals surface area (Å²) in [5.74, 6) is 0. The van der Waals surface area contributed by atoms with Gasteiger partial charge >= 0.3 is 0 Å². The summed E-state index contributed by atoms with van der Waals surface area (Å²) >= 11 is 6.28. The molecule has 1 fully saturated rings. The van der Waals surface area contributed by atoms with Crippen molar-refractivity contribution < 1.29 is 0 Å². The smallest absolute Gasteiger partial charge is 0.0659 e. The summed E-state index contributed by atoms with van der Waals surface area (Å²) in [5, 5.41) is 4.41. The van der Waals surface area contributed by atoms with Crippen molar-refractivity contribution in [1.29, 1.82) is 0 Å². The molecule has 1 atom stereocenters. The van der Waals surface area contributed by atoms with Crippen LogP contribution >= 0.6 is 11.6 Å². The van der Waals surface area contributed by atoms with Crippen molar-refractivity contribution in [2.75, 3.05) is 24.3 Å². The molecule has 0 bridgehead atoms. The van der Waals surface area contributed by atoms with Crippen LogP contribution in [0.25, 0.3) is 0 Å². The van der Waals surface area contributed by atoms with Crippen LogP contribution in [0.3, 0.4) is 0 Å². The molecule has 18 heavy (non-hydrogen) atoms. The molecule has 1 N–H and O–H groups in total. The summed E-state index contributed by atoms with van der Waals surface area (Å²) < 4.78 is 0. The van der Waals surface area contributed by atoms with Crippen LogP contribution < -0.4 is 10.2 Å². The number of hydrogen-bond acceptors (Lipinski definition) is 2. The molecule has 1 aliphatic carbocycles. The van der Waals surface area contributed by atoms with Gasteiger partial charge in [-0.1, -0.05) is 25.4 Å². The van der Waals surface area contributed by atoms with Crippen LogP contribution in [0.15, 0.2) is 18.2 Å². The molecule has 0 aliphatic heterocycles. The number of nitrogens with one attached hydrogen (secondary N) is 1. The molecule has 1 unspecified atom stereocenters. The van der Waals surface area contributed by atoms with Crippen LogP contribution in [0.2, 0.25) is 5.02 Å². The summed E-state index contributed by atoms with van der Waals surface area (Å²) in [5.41, 5.74) is 2.67. The number of hydrogen-bond donors (Lipinski definition) is 1. The third-order valence-electron chi connectivity index (χ3n) is 3.77. The van der Waals surface area contributed by atoms with Crippen LogP contribution in [0, 0.1) is 5.41 Å². The minimum atomic E-state index is 0.477. The van der Waals surface area contributed by atoms with Crippen molar-refractivity contribution >= 4 is 23.0 Å². The van der Waals surface area contributed by atoms with Gasteiger partial charge in [0.15, 0.2) is 0 Å². The molecule has 2 rings (SSSR count). The maximum atomic E-state index is 6.28. The van der Waals surface area contributed by atoms with Gasteiger partial charge in [-0.05, 0) is 42.9 Å². The molecule has 0 aromatic heterocycles. The van der Waals surface area contributed by atoms with Gasteiger partial charge in [0, 0.05) is 25.8 Å². The molecule has 0 saturated heterocycles. The molecule has 0 amide bonds. The maximum Gasteiger partial charge on any atom is 0.0659 e. The van der Waals surface area contributed by atoms with Crippen molar-refractivity contribution in [1.82, 2.24) is 0 Å². The van der Waals surface area contributed by atoms with Crippen LogP contribution in [0.5, 0.6) is 0 Å². The molecule has 1 aliphatic rings. The molecular weight excluding hydrogens is 244 g/mol. The number of rotatable bonds is 3. The van der Waals surface area contributed by atoms with E-state index in [-0.39, 0.29) is 0 Å². The Labute approximate surface area is 115 Å². The molecule has 1 aromatic rings. The van der Waals surface area contributed by atoms with Gasteiger partial charge in [-0.3, -0.25) is 0 Å². The molecule has 100 valence electrons. The number of benzene rings is 1. The van der Waals surface area contributed by atoms with Crippen molar-refractivity contribution in [2.45, 2.75) is 39.2 Å². The second-order valence-electron chi connectivity index (χ2n) is 6.31. The van der Waals surface area contributed by atoms with E-state index in [2.05, 4.69) is 31.3 Å². The Morgan fingerprint density at radius 3 is 2.56 bits per heavy atom. The van der Waals surface area contributed by atoms with Crippen LogP contribution in [0.4, 0.5) is 11.4 Å². The van der Waals surface area contributed by atoms with Gasteiger partial charge in [-0.15, -0.1) is 0 Å². The fourth-order valence-electron chi connectivity index (χ4n) is 2.75. The van der Waals surface area contributed by atoms with Crippen molar-refractivity contribution in [2.24, 2.45) is 5.41 Å². The number of anilines is 2. The Balaban J connectivity index is 2.05. The summed E-state index contributed by atoms with van der Waals surface area (Å²) in [4.78, 5) is 2.03. The normalized spacial score (nSPS) is 21.9. The summed E-state index contributed by atoms with van der Waals surface area (Å²) in [6.45, 7) is 4.69. The van der Waals surface area contributed by atoms with Crippen molar-refractivity contribution in [3.63, 3.8) is 0 Å². The Hall–Kier alpha value is -0.890. The van der Waals surface area contributed by atoms with Crippen LogP contribution in [0.1, 0.15) is 33.1 Å². The number of halogens is 1. The highest BCUT2D eigenvalue weighted by atomic mass is 35.5. The molecule has 3 heteroatoms. The Bertz CT molecular complexity index is 427. The highest BCUT2D eigenvalue weighted by Gasteiger charge is 2.30. The van der Waals surface area contributed by atoms with Crippen LogP contribution in [-0.4, -0.2) is 20.1 Å². The zero-order valence-electron chi connectivity index (χ0n) is 11.8. The minimum Gasteiger partial charge on any atom is -0.382 e. The van der Waals surface area contributed by atoms with E-state index >= 15 is 0 Å². The fourth-order valence-corrected chi connectivity index (χ4v) is 3.10. The third-order valence-corrected chi connectivity index (χ3v) is 4.07. The average Bonchev–Trinajstić information content (AvgIpc) is 2.57. The summed E-state index contributed by atoms with van der Waals surface area (Å²) in [7, 11) is 4.02. The van der Waals surface area contributed by atoms with E-state index in [1.807, 2.05) is 25.1 Å². The SMILES string of the molecule is CN(C)c1ccc(NC2CCC(C)(C)C2)cc1Cl. The van der Waals surface area contributed by atoms with Gasteiger partial charge in [0.1, 0.15) is 0 Å². The highest BCUT2D eigenvalue weighted by Crippen LogP contribution is 2.38. The minimum absolute atomic E-state index is 0.477. The van der Waals surface area contributed by atoms with E-state index < -0.39 is 0 Å². The van der Waals surface area contributed by atoms with E-state index in [9.17, 15) is 0 Å². The largest absolute Gasteiger partial charge is 0.382 e. The fraction of sp³-hybridized carbons (Fsp3) is 0.600. The number of nitrogens with zero attached hydrogens (tertiary/aromatic N) is 1. The first-order valence-corrected chi connectivity index (χ1v) is 6.99. The second kappa shape index (κ2) is 5.00. The first kappa shape index (κ1) is 13.5. The van der Waals surface area contributed by atoms with Crippen LogP contribution in [-0.2, 0) is 0 Å². The van der Waals surface area contributed by atoms with E-state index in [0.717, 1.165) is 16.4 Å². The lowest BCUT2D eigenvalue weighted by molar-refractivity contribution is 0.378. The Morgan fingerprint density at radius 1 is 1.33 bits per heavy atom. The van der Waals surface area contributed by atoms with E-state index in [1.54, 1.807) is 0 Å². The van der Waals surface area contributed by atoms with E-state index in [0.29, 0.717) is 11.5 Å². The maximum absolute atomic E-state index is 6.28. The zero-order valence-corrected chi connectivity index (χ0v) is 12.5. The van der Waals surface area contributed by atoms with Gasteiger partial charge in [-0.2, -0.15) is 0 Å². The quantitative estimate of drug-likeness (QED) is 0.873.